The van der Waals surface area contributed by atoms with Gasteiger partial charge in [0, 0.05) is 32.7 Å². The summed E-state index contributed by atoms with van der Waals surface area (Å²) in [7, 11) is 0. The summed E-state index contributed by atoms with van der Waals surface area (Å²) >= 11 is 0. The fourth-order valence-electron chi connectivity index (χ4n) is 3.16. The lowest BCUT2D eigenvalue weighted by atomic mass is 10.2. The van der Waals surface area contributed by atoms with Gasteiger partial charge < -0.3 is 29.0 Å². The molecule has 1 aromatic rings. The molecule has 1 fully saturated rings. The van der Waals surface area contributed by atoms with Crippen molar-refractivity contribution in [2.75, 3.05) is 59.2 Å². The van der Waals surface area contributed by atoms with E-state index in [0.29, 0.717) is 52.5 Å². The van der Waals surface area contributed by atoms with Gasteiger partial charge in [-0.3, -0.25) is 4.90 Å². The number of ether oxygens (including phenoxy) is 4. The molecule has 0 radical (unpaired) electrons. The van der Waals surface area contributed by atoms with Crippen molar-refractivity contribution in [3.8, 4) is 11.5 Å². The van der Waals surface area contributed by atoms with Gasteiger partial charge >= 0.3 is 6.09 Å². The van der Waals surface area contributed by atoms with E-state index in [1.807, 2.05) is 24.3 Å². The van der Waals surface area contributed by atoms with Crippen LogP contribution in [0, 0.1) is 0 Å². The van der Waals surface area contributed by atoms with Crippen LogP contribution in [0.15, 0.2) is 24.3 Å². The highest BCUT2D eigenvalue weighted by atomic mass is 16.6. The van der Waals surface area contributed by atoms with Gasteiger partial charge in [-0.25, -0.2) is 4.79 Å². The van der Waals surface area contributed by atoms with Gasteiger partial charge in [-0.15, -0.1) is 0 Å². The molecule has 150 valence electrons. The van der Waals surface area contributed by atoms with Crippen molar-refractivity contribution in [3.05, 3.63) is 24.3 Å². The first-order valence-corrected chi connectivity index (χ1v) is 9.44. The molecule has 0 bridgehead atoms. The molecule has 27 heavy (non-hydrogen) atoms. The highest BCUT2D eigenvalue weighted by Gasteiger charge is 2.24. The molecule has 2 aliphatic rings. The van der Waals surface area contributed by atoms with Gasteiger partial charge in [0.1, 0.15) is 6.61 Å². The molecule has 0 spiro atoms. The first-order valence-electron chi connectivity index (χ1n) is 9.44. The third kappa shape index (κ3) is 5.72. The van der Waals surface area contributed by atoms with E-state index in [-0.39, 0.29) is 18.8 Å². The number of aliphatic hydroxyl groups is 1. The highest BCUT2D eigenvalue weighted by molar-refractivity contribution is 5.67. The average Bonchev–Trinajstić information content (AvgIpc) is 2.68. The summed E-state index contributed by atoms with van der Waals surface area (Å²) in [6.07, 6.45) is -1.03. The van der Waals surface area contributed by atoms with Crippen molar-refractivity contribution in [2.45, 2.75) is 19.1 Å². The van der Waals surface area contributed by atoms with E-state index in [1.54, 1.807) is 11.8 Å². The van der Waals surface area contributed by atoms with Gasteiger partial charge in [-0.1, -0.05) is 12.1 Å². The molecule has 1 saturated heterocycles. The van der Waals surface area contributed by atoms with Gasteiger partial charge in [0.2, 0.25) is 0 Å². The molecule has 0 aromatic heterocycles. The molecular formula is C19H28N2O6. The molecule has 1 aromatic carbocycles. The number of nitrogens with zero attached hydrogens (tertiary/aromatic N) is 2. The summed E-state index contributed by atoms with van der Waals surface area (Å²) in [5, 5.41) is 10.2. The zero-order chi connectivity index (χ0) is 19.1. The number of piperazine rings is 1. The van der Waals surface area contributed by atoms with Crippen LogP contribution in [0.2, 0.25) is 0 Å². The van der Waals surface area contributed by atoms with Crippen LogP contribution < -0.4 is 9.47 Å². The highest BCUT2D eigenvalue weighted by Crippen LogP contribution is 2.30. The Morgan fingerprint density at radius 1 is 1.26 bits per heavy atom. The topological polar surface area (TPSA) is 80.7 Å². The third-order valence-electron chi connectivity index (χ3n) is 4.55. The van der Waals surface area contributed by atoms with Crippen LogP contribution in [-0.4, -0.2) is 92.4 Å². The van der Waals surface area contributed by atoms with Crippen molar-refractivity contribution in [2.24, 2.45) is 0 Å². The second kappa shape index (κ2) is 9.77. The number of hydrogen-bond donors (Lipinski definition) is 1. The molecule has 0 aliphatic carbocycles. The molecular weight excluding hydrogens is 352 g/mol. The largest absolute Gasteiger partial charge is 0.486 e. The summed E-state index contributed by atoms with van der Waals surface area (Å²) in [4.78, 5) is 15.5. The van der Waals surface area contributed by atoms with Gasteiger partial charge in [-0.2, -0.15) is 0 Å². The lowest BCUT2D eigenvalue weighted by Crippen LogP contribution is -2.51. The van der Waals surface area contributed by atoms with E-state index in [1.165, 1.54) is 0 Å². The van der Waals surface area contributed by atoms with Crippen LogP contribution in [0.1, 0.15) is 6.92 Å². The first kappa shape index (κ1) is 19.7. The molecule has 8 heteroatoms. The summed E-state index contributed by atoms with van der Waals surface area (Å²) in [5.41, 5.74) is 0. The molecule has 2 unspecified atom stereocenters. The van der Waals surface area contributed by atoms with E-state index < -0.39 is 6.10 Å². The molecule has 2 atom stereocenters. The molecule has 2 heterocycles. The van der Waals surface area contributed by atoms with Crippen LogP contribution >= 0.6 is 0 Å². The summed E-state index contributed by atoms with van der Waals surface area (Å²) < 4.78 is 22.1. The maximum absolute atomic E-state index is 11.7. The summed E-state index contributed by atoms with van der Waals surface area (Å²) in [5.74, 6) is 1.47. The van der Waals surface area contributed by atoms with E-state index in [2.05, 4.69) is 4.90 Å². The number of amides is 1. The van der Waals surface area contributed by atoms with Crippen LogP contribution in [-0.2, 0) is 9.47 Å². The lowest BCUT2D eigenvalue weighted by molar-refractivity contribution is -0.0318. The predicted molar refractivity (Wildman–Crippen MR) is 98.2 cm³/mol. The summed E-state index contributed by atoms with van der Waals surface area (Å²) in [6, 6.07) is 7.54. The normalized spacial score (nSPS) is 21.0. The standard InChI is InChI=1S/C19H28N2O6/c1-2-25-19(23)21-9-7-20(8-10-21)11-15(22)12-24-13-16-14-26-17-5-3-4-6-18(17)27-16/h3-6,15-16,22H,2,7-14H2,1H3. The fraction of sp³-hybridized carbons (Fsp3) is 0.632. The lowest BCUT2D eigenvalue weighted by Gasteiger charge is -2.35. The molecule has 3 rings (SSSR count). The van der Waals surface area contributed by atoms with Crippen molar-refractivity contribution >= 4 is 6.09 Å². The Balaban J connectivity index is 1.30. The minimum absolute atomic E-state index is 0.180. The molecule has 0 saturated carbocycles. The number of carbonyl (C=O) groups excluding carboxylic acids is 1. The second-order valence-corrected chi connectivity index (χ2v) is 6.68. The van der Waals surface area contributed by atoms with Crippen molar-refractivity contribution in [1.82, 2.24) is 9.80 Å². The average molecular weight is 380 g/mol. The Kier molecular flexibility index (Phi) is 7.14. The quantitative estimate of drug-likeness (QED) is 0.755. The molecule has 1 amide bonds. The Morgan fingerprint density at radius 3 is 2.74 bits per heavy atom. The van der Waals surface area contributed by atoms with E-state index in [0.717, 1.165) is 11.5 Å². The van der Waals surface area contributed by atoms with Gasteiger partial charge in [0.05, 0.1) is 25.9 Å². The number of carbonyl (C=O) groups is 1. The zero-order valence-corrected chi connectivity index (χ0v) is 15.7. The van der Waals surface area contributed by atoms with Gasteiger partial charge in [0.25, 0.3) is 0 Å². The molecule has 8 nitrogen and oxygen atoms in total. The Labute approximate surface area is 159 Å². The number of hydrogen-bond acceptors (Lipinski definition) is 7. The summed E-state index contributed by atoms with van der Waals surface area (Å²) in [6.45, 7) is 6.38. The number of para-hydroxylation sites is 2. The third-order valence-corrected chi connectivity index (χ3v) is 4.55. The van der Waals surface area contributed by atoms with Gasteiger partial charge in [-0.05, 0) is 19.1 Å². The Hall–Kier alpha value is -2.03. The Bertz CT molecular complexity index is 606. The maximum Gasteiger partial charge on any atom is 0.409 e. The minimum atomic E-state index is -0.587. The Morgan fingerprint density at radius 2 is 2.00 bits per heavy atom. The smallest absolute Gasteiger partial charge is 0.409 e. The van der Waals surface area contributed by atoms with Crippen molar-refractivity contribution in [3.63, 3.8) is 0 Å². The SMILES string of the molecule is CCOC(=O)N1CCN(CC(O)COCC2COc3ccccc3O2)CC1. The molecule has 1 N–H and O–H groups in total. The van der Waals surface area contributed by atoms with Gasteiger partial charge in [0.15, 0.2) is 17.6 Å². The first-order chi connectivity index (χ1) is 13.2. The number of rotatable bonds is 7. The van der Waals surface area contributed by atoms with Crippen LogP contribution in [0.5, 0.6) is 11.5 Å². The van der Waals surface area contributed by atoms with Crippen LogP contribution in [0.3, 0.4) is 0 Å². The molecule has 2 aliphatic heterocycles. The van der Waals surface area contributed by atoms with Crippen LogP contribution in [0.4, 0.5) is 4.79 Å². The number of fused-ring (bicyclic) bond motifs is 1. The number of benzene rings is 1. The van der Waals surface area contributed by atoms with E-state index in [4.69, 9.17) is 18.9 Å². The number of aliphatic hydroxyl groups excluding tert-OH is 1. The van der Waals surface area contributed by atoms with Crippen molar-refractivity contribution < 1.29 is 28.8 Å². The van der Waals surface area contributed by atoms with Crippen LogP contribution in [0.25, 0.3) is 0 Å². The van der Waals surface area contributed by atoms with Crippen molar-refractivity contribution in [1.29, 1.82) is 0 Å². The zero-order valence-electron chi connectivity index (χ0n) is 15.7. The fourth-order valence-corrected chi connectivity index (χ4v) is 3.16. The monoisotopic (exact) mass is 380 g/mol. The van der Waals surface area contributed by atoms with E-state index >= 15 is 0 Å². The minimum Gasteiger partial charge on any atom is -0.486 e. The predicted octanol–water partition coefficient (Wildman–Crippen LogP) is 0.978. The van der Waals surface area contributed by atoms with E-state index in [9.17, 15) is 9.90 Å². The maximum atomic E-state index is 11.7. The number of β-amino-alcohol motifs (C(OH)–C–C–N with tert-alkyl or cyclic N) is 1. The second-order valence-electron chi connectivity index (χ2n) is 6.68.